The van der Waals surface area contributed by atoms with Gasteiger partial charge in [0.15, 0.2) is 5.82 Å². The van der Waals surface area contributed by atoms with Crippen molar-refractivity contribution in [3.05, 3.63) is 30.2 Å². The molecule has 2 aromatic rings. The highest BCUT2D eigenvalue weighted by atomic mass is 16.5. The molecule has 0 saturated carbocycles. The van der Waals surface area contributed by atoms with E-state index in [1.54, 1.807) is 35.0 Å². The Morgan fingerprint density at radius 3 is 2.79 bits per heavy atom. The molecule has 0 unspecified atom stereocenters. The molecule has 1 aliphatic rings. The van der Waals surface area contributed by atoms with E-state index in [1.165, 1.54) is 0 Å². The summed E-state index contributed by atoms with van der Waals surface area (Å²) in [5.41, 5.74) is 0. The van der Waals surface area contributed by atoms with Gasteiger partial charge in [-0.15, -0.1) is 0 Å². The minimum Gasteiger partial charge on any atom is -0.347 e. The zero-order chi connectivity index (χ0) is 16.9. The van der Waals surface area contributed by atoms with Crippen LogP contribution in [0.25, 0.3) is 0 Å². The fourth-order valence-electron chi connectivity index (χ4n) is 2.74. The number of hydrogen-bond donors (Lipinski definition) is 1. The van der Waals surface area contributed by atoms with Crippen molar-refractivity contribution in [3.8, 4) is 0 Å². The summed E-state index contributed by atoms with van der Waals surface area (Å²) in [4.78, 5) is 30.2. The molecule has 3 rings (SSSR count). The van der Waals surface area contributed by atoms with E-state index < -0.39 is 0 Å². The number of likely N-dealkylation sites (tertiary alicyclic amines) is 1. The van der Waals surface area contributed by atoms with Gasteiger partial charge in [-0.1, -0.05) is 5.16 Å². The van der Waals surface area contributed by atoms with Gasteiger partial charge in [-0.3, -0.25) is 14.3 Å². The van der Waals surface area contributed by atoms with Crippen LogP contribution < -0.4 is 5.32 Å². The van der Waals surface area contributed by atoms with E-state index in [-0.39, 0.29) is 30.8 Å². The molecule has 0 aliphatic carbocycles. The quantitative estimate of drug-likeness (QED) is 0.834. The Bertz CT molecular complexity index is 688. The second kappa shape index (κ2) is 7.24. The number of carbonyl (C=O) groups is 2. The minimum absolute atomic E-state index is 0.0268. The van der Waals surface area contributed by atoms with Crippen molar-refractivity contribution in [2.45, 2.75) is 32.9 Å². The molecule has 9 nitrogen and oxygen atoms in total. The molecule has 0 aromatic carbocycles. The van der Waals surface area contributed by atoms with E-state index in [1.807, 2.05) is 0 Å². The normalized spacial score (nSPS) is 15.5. The van der Waals surface area contributed by atoms with E-state index in [4.69, 9.17) is 4.52 Å². The number of nitrogens with one attached hydrogen (secondary N) is 1. The second-order valence-corrected chi connectivity index (χ2v) is 5.81. The molecule has 2 aromatic heterocycles. The Morgan fingerprint density at radius 1 is 1.38 bits per heavy atom. The average Bonchev–Trinajstić information content (AvgIpc) is 3.24. The van der Waals surface area contributed by atoms with E-state index >= 15 is 0 Å². The molecule has 1 saturated heterocycles. The molecule has 1 aliphatic heterocycles. The van der Waals surface area contributed by atoms with Gasteiger partial charge in [-0.2, -0.15) is 10.1 Å². The SMILES string of the molecule is Cc1noc(CNC(=O)C2CCN(C(=O)Cn3cccn3)CC2)n1. The maximum absolute atomic E-state index is 12.2. The van der Waals surface area contributed by atoms with Gasteiger partial charge in [-0.25, -0.2) is 0 Å². The molecule has 24 heavy (non-hydrogen) atoms. The summed E-state index contributed by atoms with van der Waals surface area (Å²) in [7, 11) is 0. The van der Waals surface area contributed by atoms with E-state index in [0.717, 1.165) is 0 Å². The smallest absolute Gasteiger partial charge is 0.246 e. The van der Waals surface area contributed by atoms with Gasteiger partial charge in [0.05, 0.1) is 6.54 Å². The van der Waals surface area contributed by atoms with Gasteiger partial charge in [0, 0.05) is 31.4 Å². The van der Waals surface area contributed by atoms with Crippen molar-refractivity contribution in [1.29, 1.82) is 0 Å². The third-order valence-corrected chi connectivity index (χ3v) is 4.06. The summed E-state index contributed by atoms with van der Waals surface area (Å²) in [5, 5.41) is 10.5. The summed E-state index contributed by atoms with van der Waals surface area (Å²) in [5.74, 6) is 0.836. The van der Waals surface area contributed by atoms with Crippen LogP contribution in [0.5, 0.6) is 0 Å². The lowest BCUT2D eigenvalue weighted by Crippen LogP contribution is -2.44. The first-order valence-electron chi connectivity index (χ1n) is 7.94. The lowest BCUT2D eigenvalue weighted by Gasteiger charge is -2.31. The number of amides is 2. The van der Waals surface area contributed by atoms with Crippen LogP contribution in [0, 0.1) is 12.8 Å². The Balaban J connectivity index is 1.42. The summed E-state index contributed by atoms with van der Waals surface area (Å²) in [6.07, 6.45) is 4.71. The number of aromatic nitrogens is 4. The number of hydrogen-bond acceptors (Lipinski definition) is 6. The molecule has 1 N–H and O–H groups in total. The van der Waals surface area contributed by atoms with Crippen molar-refractivity contribution in [3.63, 3.8) is 0 Å². The third-order valence-electron chi connectivity index (χ3n) is 4.06. The van der Waals surface area contributed by atoms with Crippen molar-refractivity contribution in [2.75, 3.05) is 13.1 Å². The van der Waals surface area contributed by atoms with Crippen molar-refractivity contribution >= 4 is 11.8 Å². The molecule has 2 amide bonds. The van der Waals surface area contributed by atoms with Crippen LogP contribution in [0.4, 0.5) is 0 Å². The second-order valence-electron chi connectivity index (χ2n) is 5.81. The molecule has 3 heterocycles. The molecule has 0 atom stereocenters. The zero-order valence-electron chi connectivity index (χ0n) is 13.5. The lowest BCUT2D eigenvalue weighted by atomic mass is 9.96. The van der Waals surface area contributed by atoms with Crippen molar-refractivity contribution in [2.24, 2.45) is 5.92 Å². The maximum atomic E-state index is 12.2. The fraction of sp³-hybridized carbons (Fsp3) is 0.533. The Hall–Kier alpha value is -2.71. The van der Waals surface area contributed by atoms with E-state index in [0.29, 0.717) is 37.6 Å². The van der Waals surface area contributed by atoms with Gasteiger partial charge >= 0.3 is 0 Å². The van der Waals surface area contributed by atoms with E-state index in [9.17, 15) is 9.59 Å². The molecule has 0 bridgehead atoms. The van der Waals surface area contributed by atoms with Crippen LogP contribution in [0.1, 0.15) is 24.6 Å². The summed E-state index contributed by atoms with van der Waals surface area (Å²) < 4.78 is 6.57. The van der Waals surface area contributed by atoms with Crippen LogP contribution in [0.15, 0.2) is 23.0 Å². The first-order valence-corrected chi connectivity index (χ1v) is 7.94. The monoisotopic (exact) mass is 332 g/mol. The summed E-state index contributed by atoms with van der Waals surface area (Å²) in [6.45, 7) is 3.36. The predicted octanol–water partition coefficient (Wildman–Crippen LogP) is 0.130. The highest BCUT2D eigenvalue weighted by Crippen LogP contribution is 2.18. The fourth-order valence-corrected chi connectivity index (χ4v) is 2.74. The minimum atomic E-state index is -0.0947. The molecule has 9 heteroatoms. The van der Waals surface area contributed by atoms with Crippen LogP contribution in [-0.2, 0) is 22.7 Å². The number of aryl methyl sites for hydroxylation is 1. The third kappa shape index (κ3) is 3.98. The molecule has 1 fully saturated rings. The van der Waals surface area contributed by atoms with Crippen LogP contribution in [0.2, 0.25) is 0 Å². The van der Waals surface area contributed by atoms with Crippen molar-refractivity contribution in [1.82, 2.24) is 30.1 Å². The molecule has 0 spiro atoms. The number of nitrogens with zero attached hydrogens (tertiary/aromatic N) is 5. The van der Waals surface area contributed by atoms with Gasteiger partial charge in [0.1, 0.15) is 6.54 Å². The van der Waals surface area contributed by atoms with Gasteiger partial charge in [0.25, 0.3) is 0 Å². The van der Waals surface area contributed by atoms with Gasteiger partial charge < -0.3 is 14.7 Å². The van der Waals surface area contributed by atoms with Crippen molar-refractivity contribution < 1.29 is 14.1 Å². The predicted molar refractivity (Wildman–Crippen MR) is 82.4 cm³/mol. The number of carbonyl (C=O) groups excluding carboxylic acids is 2. The number of piperidine rings is 1. The van der Waals surface area contributed by atoms with E-state index in [2.05, 4.69) is 20.6 Å². The molecular weight excluding hydrogens is 312 g/mol. The first kappa shape index (κ1) is 16.2. The highest BCUT2D eigenvalue weighted by molar-refractivity contribution is 5.80. The molecule has 128 valence electrons. The maximum Gasteiger partial charge on any atom is 0.246 e. The van der Waals surface area contributed by atoms with Crippen LogP contribution >= 0.6 is 0 Å². The van der Waals surface area contributed by atoms with Gasteiger partial charge in [-0.05, 0) is 25.8 Å². The highest BCUT2D eigenvalue weighted by Gasteiger charge is 2.27. The summed E-state index contributed by atoms with van der Waals surface area (Å²) in [6, 6.07) is 1.79. The molecular formula is C15H20N6O3. The lowest BCUT2D eigenvalue weighted by molar-refractivity contribution is -0.136. The Labute approximate surface area is 139 Å². The van der Waals surface area contributed by atoms with Crippen LogP contribution in [-0.4, -0.2) is 49.7 Å². The number of rotatable bonds is 5. The van der Waals surface area contributed by atoms with Crippen LogP contribution in [0.3, 0.4) is 0 Å². The topological polar surface area (TPSA) is 106 Å². The van der Waals surface area contributed by atoms with Gasteiger partial charge in [0.2, 0.25) is 17.7 Å². The zero-order valence-corrected chi connectivity index (χ0v) is 13.5. The summed E-state index contributed by atoms with van der Waals surface area (Å²) >= 11 is 0. The average molecular weight is 332 g/mol. The largest absolute Gasteiger partial charge is 0.347 e. The Kier molecular flexibility index (Phi) is 4.88. The first-order chi connectivity index (χ1) is 11.6. The molecule has 0 radical (unpaired) electrons. The standard InChI is InChI=1S/C15H20N6O3/c1-11-18-13(24-19-11)9-16-15(23)12-3-7-20(8-4-12)14(22)10-21-6-2-5-17-21/h2,5-6,12H,3-4,7-10H2,1H3,(H,16,23). The Morgan fingerprint density at radius 2 is 2.17 bits per heavy atom.